The molecular weight excluding hydrogens is 461 g/mol. The lowest BCUT2D eigenvalue weighted by Gasteiger charge is -2.06. The lowest BCUT2D eigenvalue weighted by molar-refractivity contribution is -0.138. The molecule has 2 heterocycles. The summed E-state index contributed by atoms with van der Waals surface area (Å²) in [5, 5.41) is 9.60. The molecule has 2 aromatic heterocycles. The van der Waals surface area contributed by atoms with Crippen LogP contribution in [0.3, 0.4) is 0 Å². The summed E-state index contributed by atoms with van der Waals surface area (Å²) in [6, 6.07) is 8.80. The fourth-order valence-corrected chi connectivity index (χ4v) is 5.37. The third-order valence-corrected chi connectivity index (χ3v) is 7.12. The molecule has 0 radical (unpaired) electrons. The topological polar surface area (TPSA) is 76.2 Å². The van der Waals surface area contributed by atoms with E-state index in [2.05, 4.69) is 9.97 Å². The Morgan fingerprint density at radius 2 is 1.88 bits per heavy atom. The van der Waals surface area contributed by atoms with Gasteiger partial charge < -0.3 is 9.52 Å². The minimum Gasteiger partial charge on any atom is -0.481 e. The Hall–Kier alpha value is -2.85. The van der Waals surface area contributed by atoms with Gasteiger partial charge in [-0.3, -0.25) is 4.79 Å². The first-order valence-corrected chi connectivity index (χ1v) is 11.3. The molecule has 0 aliphatic heterocycles. The number of nitrogens with zero attached hydrogens (tertiary/aromatic N) is 2. The van der Waals surface area contributed by atoms with E-state index in [4.69, 9.17) is 9.52 Å². The highest BCUT2D eigenvalue weighted by molar-refractivity contribution is 7.98. The van der Waals surface area contributed by atoms with Crippen LogP contribution in [0.25, 0.3) is 21.7 Å². The highest BCUT2D eigenvalue weighted by Crippen LogP contribution is 2.36. The summed E-state index contributed by atoms with van der Waals surface area (Å²) >= 11 is 3.02. The Morgan fingerprint density at radius 1 is 1.16 bits per heavy atom. The van der Waals surface area contributed by atoms with Crippen LogP contribution in [-0.2, 0) is 23.1 Å². The normalized spacial score (nSPS) is 11.9. The second-order valence-electron chi connectivity index (χ2n) is 7.16. The molecule has 0 saturated heterocycles. The van der Waals surface area contributed by atoms with E-state index >= 15 is 0 Å². The van der Waals surface area contributed by atoms with Gasteiger partial charge in [0, 0.05) is 21.1 Å². The number of alkyl halides is 3. The number of aliphatic carboxylic acids is 1. The summed E-state index contributed by atoms with van der Waals surface area (Å²) in [6.45, 7) is 3.77. The van der Waals surface area contributed by atoms with Crippen LogP contribution >= 0.6 is 23.1 Å². The average Bonchev–Trinajstić information content (AvgIpc) is 3.28. The number of hydrogen-bond donors (Lipinski definition) is 1. The van der Waals surface area contributed by atoms with E-state index in [1.54, 1.807) is 11.8 Å². The van der Waals surface area contributed by atoms with Gasteiger partial charge in [-0.15, -0.1) is 23.1 Å². The van der Waals surface area contributed by atoms with Crippen molar-refractivity contribution in [1.82, 2.24) is 9.97 Å². The molecule has 0 saturated carbocycles. The molecule has 0 unspecified atom stereocenters. The summed E-state index contributed by atoms with van der Waals surface area (Å²) in [7, 11) is 0. The molecule has 0 amide bonds. The van der Waals surface area contributed by atoms with Gasteiger partial charge in [0.15, 0.2) is 5.58 Å². The average molecular weight is 479 g/mol. The van der Waals surface area contributed by atoms with Crippen LogP contribution in [0.1, 0.15) is 27.6 Å². The van der Waals surface area contributed by atoms with Crippen LogP contribution in [-0.4, -0.2) is 21.0 Å². The fraction of sp³-hybridized carbons (Fsp3) is 0.227. The fourth-order valence-electron chi connectivity index (χ4n) is 3.14. The standard InChI is InChI=1S/C22H17F3N2O3S2/c1-11-7-15(8-16-20(11)27-18(30-16)9-19(28)29)31-10-17-12(2)26-21(32-17)13-3-5-14(6-4-13)22(23,24)25/h3-8H,9-10H2,1-2H3,(H,28,29). The molecule has 32 heavy (non-hydrogen) atoms. The van der Waals surface area contributed by atoms with Gasteiger partial charge in [0.25, 0.3) is 0 Å². The molecule has 0 fully saturated rings. The number of fused-ring (bicyclic) bond motifs is 1. The molecule has 2 aromatic carbocycles. The van der Waals surface area contributed by atoms with Crippen LogP contribution in [0.5, 0.6) is 0 Å². The molecular formula is C22H17F3N2O3S2. The van der Waals surface area contributed by atoms with Gasteiger partial charge in [-0.1, -0.05) is 12.1 Å². The number of benzene rings is 2. The van der Waals surface area contributed by atoms with Crippen molar-refractivity contribution in [3.8, 4) is 10.6 Å². The number of rotatable bonds is 6. The molecule has 10 heteroatoms. The van der Waals surface area contributed by atoms with Crippen molar-refractivity contribution in [2.24, 2.45) is 0 Å². The second-order valence-corrected chi connectivity index (χ2v) is 9.29. The summed E-state index contributed by atoms with van der Waals surface area (Å²) < 4.78 is 43.9. The van der Waals surface area contributed by atoms with Crippen molar-refractivity contribution < 1.29 is 27.5 Å². The lowest BCUT2D eigenvalue weighted by atomic mass is 10.1. The minimum absolute atomic E-state index is 0.164. The van der Waals surface area contributed by atoms with E-state index in [-0.39, 0.29) is 12.3 Å². The number of aromatic nitrogens is 2. The highest BCUT2D eigenvalue weighted by Gasteiger charge is 2.30. The quantitative estimate of drug-likeness (QED) is 0.319. The molecule has 4 aromatic rings. The SMILES string of the molecule is Cc1nc(-c2ccc(C(F)(F)F)cc2)sc1CSc1cc(C)c2nc(CC(=O)O)oc2c1. The number of aryl methyl sites for hydroxylation is 2. The van der Waals surface area contributed by atoms with Crippen molar-refractivity contribution in [1.29, 1.82) is 0 Å². The van der Waals surface area contributed by atoms with Crippen LogP contribution in [0, 0.1) is 13.8 Å². The Bertz CT molecular complexity index is 1290. The number of carboxylic acid groups (broad SMARTS) is 1. The second kappa shape index (κ2) is 8.59. The van der Waals surface area contributed by atoms with Gasteiger partial charge in [0.1, 0.15) is 16.9 Å². The molecule has 0 aliphatic carbocycles. The third kappa shape index (κ3) is 4.81. The number of thioether (sulfide) groups is 1. The number of carboxylic acids is 1. The van der Waals surface area contributed by atoms with Crippen molar-refractivity contribution in [2.45, 2.75) is 37.1 Å². The number of oxazole rings is 1. The molecule has 0 spiro atoms. The highest BCUT2D eigenvalue weighted by atomic mass is 32.2. The maximum atomic E-state index is 12.8. The van der Waals surface area contributed by atoms with Crippen molar-refractivity contribution in [3.63, 3.8) is 0 Å². The first-order chi connectivity index (χ1) is 15.1. The lowest BCUT2D eigenvalue weighted by Crippen LogP contribution is -2.03. The monoisotopic (exact) mass is 478 g/mol. The van der Waals surface area contributed by atoms with Gasteiger partial charge in [-0.05, 0) is 43.7 Å². The first kappa shape index (κ1) is 22.3. The molecule has 5 nitrogen and oxygen atoms in total. The van der Waals surface area contributed by atoms with Gasteiger partial charge in [0.05, 0.1) is 11.3 Å². The maximum Gasteiger partial charge on any atom is 0.416 e. The zero-order valence-corrected chi connectivity index (χ0v) is 18.6. The van der Waals surface area contributed by atoms with Gasteiger partial charge >= 0.3 is 12.1 Å². The Balaban J connectivity index is 1.51. The summed E-state index contributed by atoms with van der Waals surface area (Å²) in [5.74, 6) is -0.212. The largest absolute Gasteiger partial charge is 0.481 e. The maximum absolute atomic E-state index is 12.8. The smallest absolute Gasteiger partial charge is 0.416 e. The summed E-state index contributed by atoms with van der Waals surface area (Å²) in [4.78, 5) is 21.6. The third-order valence-electron chi connectivity index (χ3n) is 4.73. The van der Waals surface area contributed by atoms with Gasteiger partial charge in [-0.2, -0.15) is 13.2 Å². The van der Waals surface area contributed by atoms with E-state index in [0.717, 1.165) is 33.2 Å². The van der Waals surface area contributed by atoms with Crippen LogP contribution in [0.15, 0.2) is 45.7 Å². The first-order valence-electron chi connectivity index (χ1n) is 9.49. The molecule has 0 aliphatic rings. The van der Waals surface area contributed by atoms with Crippen molar-refractivity contribution in [3.05, 3.63) is 64.0 Å². The van der Waals surface area contributed by atoms with Crippen LogP contribution in [0.4, 0.5) is 13.2 Å². The Labute approximate surface area is 189 Å². The number of hydrogen-bond acceptors (Lipinski definition) is 6. The van der Waals surface area contributed by atoms with E-state index in [0.29, 0.717) is 27.4 Å². The predicted molar refractivity (Wildman–Crippen MR) is 117 cm³/mol. The minimum atomic E-state index is -4.36. The van der Waals surface area contributed by atoms with E-state index < -0.39 is 17.7 Å². The zero-order chi connectivity index (χ0) is 23.0. The van der Waals surface area contributed by atoms with Gasteiger partial charge in [-0.25, -0.2) is 9.97 Å². The number of halogens is 3. The van der Waals surface area contributed by atoms with E-state index in [1.165, 1.54) is 23.5 Å². The molecule has 0 atom stereocenters. The predicted octanol–water partition coefficient (Wildman–Crippen LogP) is 6.51. The van der Waals surface area contributed by atoms with E-state index in [1.807, 2.05) is 26.0 Å². The number of thiazole rings is 1. The molecule has 0 bridgehead atoms. The Kier molecular flexibility index (Phi) is 6.00. The zero-order valence-electron chi connectivity index (χ0n) is 17.0. The number of carbonyl (C=O) groups is 1. The molecule has 4 rings (SSSR count). The van der Waals surface area contributed by atoms with Crippen LogP contribution < -0.4 is 0 Å². The molecule has 1 N–H and O–H groups in total. The van der Waals surface area contributed by atoms with Crippen molar-refractivity contribution >= 4 is 40.2 Å². The van der Waals surface area contributed by atoms with Gasteiger partial charge in [0.2, 0.25) is 5.89 Å². The summed E-state index contributed by atoms with van der Waals surface area (Å²) in [5.41, 5.74) is 2.86. The summed E-state index contributed by atoms with van der Waals surface area (Å²) in [6.07, 6.45) is -4.64. The molecule has 166 valence electrons. The van der Waals surface area contributed by atoms with Crippen molar-refractivity contribution in [2.75, 3.05) is 0 Å². The van der Waals surface area contributed by atoms with E-state index in [9.17, 15) is 18.0 Å². The Morgan fingerprint density at radius 3 is 2.53 bits per heavy atom. The van der Waals surface area contributed by atoms with Crippen LogP contribution in [0.2, 0.25) is 0 Å².